The van der Waals surface area contributed by atoms with Crippen LogP contribution in [0.1, 0.15) is 34.5 Å². The molecule has 0 bridgehead atoms. The number of carbonyl (C=O) groups excluding carboxylic acids is 1. The Morgan fingerprint density at radius 2 is 2.04 bits per heavy atom. The molecule has 3 rings (SSSR count). The van der Waals surface area contributed by atoms with Crippen molar-refractivity contribution in [1.29, 1.82) is 0 Å². The first-order chi connectivity index (χ1) is 12.2. The lowest BCUT2D eigenvalue weighted by Gasteiger charge is -2.21. The molecule has 0 spiro atoms. The fraction of sp³-hybridized carbons (Fsp3) is 0.353. The predicted molar refractivity (Wildman–Crippen MR) is 85.0 cm³/mol. The number of rotatable bonds is 3. The zero-order valence-corrected chi connectivity index (χ0v) is 13.8. The molecule has 1 unspecified atom stereocenters. The Labute approximate surface area is 146 Å². The zero-order chi connectivity index (χ0) is 19.1. The second-order valence-corrected chi connectivity index (χ2v) is 6.10. The van der Waals surface area contributed by atoms with E-state index in [0.717, 1.165) is 12.1 Å². The quantitative estimate of drug-likeness (QED) is 0.905. The number of alkyl halides is 3. The predicted octanol–water partition coefficient (Wildman–Crippen LogP) is 2.89. The molecular weight excluding hydrogens is 351 g/mol. The minimum absolute atomic E-state index is 0.174. The Hall–Kier alpha value is -2.84. The van der Waals surface area contributed by atoms with Gasteiger partial charge in [-0.2, -0.15) is 18.3 Å². The van der Waals surface area contributed by atoms with Gasteiger partial charge in [0.1, 0.15) is 6.04 Å². The van der Waals surface area contributed by atoms with Crippen LogP contribution in [0, 0.1) is 6.92 Å². The molecule has 0 radical (unpaired) electrons. The molecule has 1 aromatic heterocycles. The Kier molecular flexibility index (Phi) is 4.47. The Morgan fingerprint density at radius 1 is 1.31 bits per heavy atom. The van der Waals surface area contributed by atoms with Crippen LogP contribution in [0.4, 0.5) is 13.2 Å². The number of aromatic nitrogens is 2. The zero-order valence-electron chi connectivity index (χ0n) is 13.8. The van der Waals surface area contributed by atoms with Crippen molar-refractivity contribution in [2.45, 2.75) is 32.0 Å². The van der Waals surface area contributed by atoms with Crippen molar-refractivity contribution in [1.82, 2.24) is 14.7 Å². The van der Waals surface area contributed by atoms with Crippen molar-refractivity contribution in [3.8, 4) is 5.69 Å². The molecule has 1 aromatic carbocycles. The maximum atomic E-state index is 12.9. The molecule has 1 N–H and O–H groups in total. The van der Waals surface area contributed by atoms with Gasteiger partial charge in [-0.25, -0.2) is 9.48 Å². The highest BCUT2D eigenvalue weighted by Gasteiger charge is 2.36. The number of nitrogens with zero attached hydrogens (tertiary/aromatic N) is 3. The number of hydrogen-bond acceptors (Lipinski definition) is 3. The third kappa shape index (κ3) is 3.16. The highest BCUT2D eigenvalue weighted by atomic mass is 19.4. The van der Waals surface area contributed by atoms with E-state index in [1.165, 1.54) is 27.9 Å². The molecule has 0 aliphatic carbocycles. The lowest BCUT2D eigenvalue weighted by atomic mass is 10.1. The number of carboxylic acid groups (broad SMARTS) is 1. The number of aliphatic carboxylic acids is 1. The number of hydrogen-bond donors (Lipinski definition) is 1. The third-order valence-electron chi connectivity index (χ3n) is 4.46. The van der Waals surface area contributed by atoms with Crippen LogP contribution < -0.4 is 0 Å². The first-order valence-electron chi connectivity index (χ1n) is 7.96. The smallest absolute Gasteiger partial charge is 0.416 e. The molecule has 26 heavy (non-hydrogen) atoms. The van der Waals surface area contributed by atoms with E-state index < -0.39 is 29.7 Å². The van der Waals surface area contributed by atoms with Crippen molar-refractivity contribution in [3.63, 3.8) is 0 Å². The second-order valence-electron chi connectivity index (χ2n) is 6.10. The molecule has 1 aliphatic heterocycles. The molecule has 1 aliphatic rings. The van der Waals surface area contributed by atoms with E-state index in [-0.39, 0.29) is 11.3 Å². The summed E-state index contributed by atoms with van der Waals surface area (Å²) in [6.45, 7) is 1.89. The summed E-state index contributed by atoms with van der Waals surface area (Å²) in [7, 11) is 0. The van der Waals surface area contributed by atoms with Gasteiger partial charge in [-0.3, -0.25) is 4.79 Å². The molecule has 1 amide bonds. The first-order valence-corrected chi connectivity index (χ1v) is 7.96. The first kappa shape index (κ1) is 18.0. The lowest BCUT2D eigenvalue weighted by molar-refractivity contribution is -0.141. The van der Waals surface area contributed by atoms with Gasteiger partial charge < -0.3 is 10.0 Å². The Bertz CT molecular complexity index is 860. The summed E-state index contributed by atoms with van der Waals surface area (Å²) in [5, 5.41) is 13.2. The van der Waals surface area contributed by atoms with Gasteiger partial charge in [0, 0.05) is 6.54 Å². The molecular formula is C17H16F3N3O3. The summed E-state index contributed by atoms with van der Waals surface area (Å²) in [6.07, 6.45) is -2.26. The van der Waals surface area contributed by atoms with Gasteiger partial charge in [0.05, 0.1) is 28.7 Å². The van der Waals surface area contributed by atoms with E-state index in [2.05, 4.69) is 5.10 Å². The largest absolute Gasteiger partial charge is 0.480 e. The fourth-order valence-corrected chi connectivity index (χ4v) is 3.12. The fourth-order valence-electron chi connectivity index (χ4n) is 3.12. The Morgan fingerprint density at radius 3 is 2.69 bits per heavy atom. The molecule has 6 nitrogen and oxygen atoms in total. The van der Waals surface area contributed by atoms with Crippen molar-refractivity contribution >= 4 is 11.9 Å². The summed E-state index contributed by atoms with van der Waals surface area (Å²) in [6, 6.07) is 3.74. The van der Waals surface area contributed by atoms with E-state index in [9.17, 15) is 27.9 Å². The number of benzene rings is 1. The number of carboxylic acids is 1. The SMILES string of the molecule is Cc1c(C(=O)N2CCCC2C(=O)O)cnn1-c1cccc(C(F)(F)F)c1. The molecule has 0 saturated carbocycles. The highest BCUT2D eigenvalue weighted by Crippen LogP contribution is 2.31. The summed E-state index contributed by atoms with van der Waals surface area (Å²) < 4.78 is 39.9. The molecule has 138 valence electrons. The third-order valence-corrected chi connectivity index (χ3v) is 4.46. The average molecular weight is 367 g/mol. The van der Waals surface area contributed by atoms with Crippen LogP contribution in [0.2, 0.25) is 0 Å². The van der Waals surface area contributed by atoms with Crippen LogP contribution in [-0.4, -0.2) is 44.3 Å². The molecule has 2 aromatic rings. The minimum atomic E-state index is -4.49. The monoisotopic (exact) mass is 367 g/mol. The van der Waals surface area contributed by atoms with E-state index >= 15 is 0 Å². The summed E-state index contributed by atoms with van der Waals surface area (Å²) >= 11 is 0. The lowest BCUT2D eigenvalue weighted by Crippen LogP contribution is -2.40. The number of likely N-dealkylation sites (tertiary alicyclic amines) is 1. The number of halogens is 3. The van der Waals surface area contributed by atoms with Gasteiger partial charge in [-0.05, 0) is 38.0 Å². The minimum Gasteiger partial charge on any atom is -0.480 e. The van der Waals surface area contributed by atoms with Crippen LogP contribution in [0.15, 0.2) is 30.5 Å². The second kappa shape index (κ2) is 6.47. The average Bonchev–Trinajstić information content (AvgIpc) is 3.20. The van der Waals surface area contributed by atoms with Crippen LogP contribution in [-0.2, 0) is 11.0 Å². The van der Waals surface area contributed by atoms with Crippen molar-refractivity contribution < 1.29 is 27.9 Å². The van der Waals surface area contributed by atoms with Gasteiger partial charge in [-0.1, -0.05) is 6.07 Å². The molecule has 1 atom stereocenters. The van der Waals surface area contributed by atoms with E-state index in [1.807, 2.05) is 0 Å². The molecule has 2 heterocycles. The standard InChI is InChI=1S/C17H16F3N3O3/c1-10-13(15(24)22-7-3-6-14(22)16(25)26)9-21-23(10)12-5-2-4-11(8-12)17(18,19)20/h2,4-5,8-9,14H,3,6-7H2,1H3,(H,25,26). The number of carbonyl (C=O) groups is 2. The van der Waals surface area contributed by atoms with Gasteiger partial charge >= 0.3 is 12.1 Å². The van der Waals surface area contributed by atoms with Crippen molar-refractivity contribution in [3.05, 3.63) is 47.3 Å². The Balaban J connectivity index is 1.94. The summed E-state index contributed by atoms with van der Waals surface area (Å²) in [5.41, 5.74) is -0.114. The van der Waals surface area contributed by atoms with E-state index in [0.29, 0.717) is 25.1 Å². The normalized spacial score (nSPS) is 17.5. The summed E-state index contributed by atoms with van der Waals surface area (Å²) in [4.78, 5) is 25.2. The highest BCUT2D eigenvalue weighted by molar-refractivity contribution is 5.97. The van der Waals surface area contributed by atoms with E-state index in [4.69, 9.17) is 0 Å². The van der Waals surface area contributed by atoms with E-state index in [1.54, 1.807) is 6.92 Å². The maximum absolute atomic E-state index is 12.9. The van der Waals surface area contributed by atoms with Crippen LogP contribution in [0.5, 0.6) is 0 Å². The van der Waals surface area contributed by atoms with Crippen molar-refractivity contribution in [2.75, 3.05) is 6.54 Å². The number of amides is 1. The van der Waals surface area contributed by atoms with Gasteiger partial charge in [-0.15, -0.1) is 0 Å². The van der Waals surface area contributed by atoms with Crippen LogP contribution in [0.3, 0.4) is 0 Å². The topological polar surface area (TPSA) is 75.4 Å². The maximum Gasteiger partial charge on any atom is 0.416 e. The van der Waals surface area contributed by atoms with Crippen LogP contribution in [0.25, 0.3) is 5.69 Å². The molecule has 9 heteroatoms. The van der Waals surface area contributed by atoms with Gasteiger partial charge in [0.25, 0.3) is 5.91 Å². The van der Waals surface area contributed by atoms with Crippen LogP contribution >= 0.6 is 0 Å². The molecule has 1 saturated heterocycles. The molecule has 1 fully saturated rings. The summed E-state index contributed by atoms with van der Waals surface area (Å²) in [5.74, 6) is -1.55. The van der Waals surface area contributed by atoms with Gasteiger partial charge in [0.15, 0.2) is 0 Å². The van der Waals surface area contributed by atoms with Gasteiger partial charge in [0.2, 0.25) is 0 Å². The van der Waals surface area contributed by atoms with Crippen molar-refractivity contribution in [2.24, 2.45) is 0 Å².